The highest BCUT2D eigenvalue weighted by Gasteiger charge is 2.11. The number of nitrogens with one attached hydrogen (secondary N) is 1. The number of halogens is 1. The van der Waals surface area contributed by atoms with Crippen LogP contribution >= 0.6 is 22.9 Å². The first-order chi connectivity index (χ1) is 12.8. The topological polar surface area (TPSA) is 30.5 Å². The van der Waals surface area contributed by atoms with Crippen LogP contribution in [0.3, 0.4) is 0 Å². The second-order valence-corrected chi connectivity index (χ2v) is 7.24. The van der Waals surface area contributed by atoms with Gasteiger partial charge < -0.3 is 14.8 Å². The van der Waals surface area contributed by atoms with Gasteiger partial charge in [0.05, 0.1) is 6.61 Å². The van der Waals surface area contributed by atoms with Crippen molar-refractivity contribution in [2.24, 2.45) is 0 Å². The maximum absolute atomic E-state index is 6.13. The monoisotopic (exact) mass is 387 g/mol. The zero-order valence-corrected chi connectivity index (χ0v) is 16.3. The summed E-state index contributed by atoms with van der Waals surface area (Å²) in [6.45, 7) is 4.61. The molecule has 0 aliphatic rings. The summed E-state index contributed by atoms with van der Waals surface area (Å²) in [7, 11) is 0. The van der Waals surface area contributed by atoms with Crippen molar-refractivity contribution in [2.75, 3.05) is 6.61 Å². The Morgan fingerprint density at radius 2 is 1.81 bits per heavy atom. The lowest BCUT2D eigenvalue weighted by Gasteiger charge is -2.16. The molecule has 0 saturated carbocycles. The lowest BCUT2D eigenvalue weighted by molar-refractivity contribution is 0.266. The van der Waals surface area contributed by atoms with Gasteiger partial charge in [0.2, 0.25) is 0 Å². The largest absolute Gasteiger partial charge is 0.490 e. The van der Waals surface area contributed by atoms with Crippen molar-refractivity contribution >= 4 is 22.9 Å². The van der Waals surface area contributed by atoms with Crippen molar-refractivity contribution in [3.05, 3.63) is 81.0 Å². The highest BCUT2D eigenvalue weighted by Crippen LogP contribution is 2.32. The molecule has 0 fully saturated rings. The van der Waals surface area contributed by atoms with Crippen molar-refractivity contribution in [2.45, 2.75) is 26.6 Å². The van der Waals surface area contributed by atoms with Crippen molar-refractivity contribution < 1.29 is 9.47 Å². The molecule has 3 nitrogen and oxygen atoms in total. The molecule has 0 spiro atoms. The maximum Gasteiger partial charge on any atom is 0.166 e. The van der Waals surface area contributed by atoms with Gasteiger partial charge in [-0.1, -0.05) is 41.9 Å². The number of rotatable bonds is 9. The third-order valence-corrected chi connectivity index (χ3v) is 4.98. The molecule has 0 atom stereocenters. The predicted octanol–water partition coefficient (Wildman–Crippen LogP) is 5.67. The molecule has 3 aromatic rings. The molecular formula is C21H22ClNO2S. The molecule has 26 heavy (non-hydrogen) atoms. The van der Waals surface area contributed by atoms with E-state index in [0.717, 1.165) is 40.7 Å². The summed E-state index contributed by atoms with van der Waals surface area (Å²) >= 11 is 7.70. The molecule has 0 aliphatic carbocycles. The third kappa shape index (κ3) is 5.24. The molecule has 3 rings (SSSR count). The van der Waals surface area contributed by atoms with Crippen molar-refractivity contribution in [3.63, 3.8) is 0 Å². The molecule has 0 unspecified atom stereocenters. The second kappa shape index (κ2) is 9.62. The van der Waals surface area contributed by atoms with Gasteiger partial charge in [-0.15, -0.1) is 11.3 Å². The third-order valence-electron chi connectivity index (χ3n) is 3.85. The average molecular weight is 388 g/mol. The minimum atomic E-state index is 0.471. The van der Waals surface area contributed by atoms with Crippen molar-refractivity contribution in [3.8, 4) is 11.5 Å². The molecule has 0 radical (unpaired) electrons. The Kier molecular flexibility index (Phi) is 6.95. The minimum Gasteiger partial charge on any atom is -0.490 e. The lowest BCUT2D eigenvalue weighted by atomic mass is 10.1. The average Bonchev–Trinajstić information content (AvgIpc) is 3.16. The first-order valence-corrected chi connectivity index (χ1v) is 9.87. The molecule has 1 N–H and O–H groups in total. The fourth-order valence-electron chi connectivity index (χ4n) is 2.60. The standard InChI is InChI=1S/C21H22ClNO2S/c1-2-24-20-7-3-5-17(13-23-14-19-6-4-12-26-19)21(20)25-15-16-8-10-18(22)11-9-16/h3-12,23H,2,13-15H2,1H3. The van der Waals surface area contributed by atoms with Crippen LogP contribution in [0.25, 0.3) is 0 Å². The van der Waals surface area contributed by atoms with Gasteiger partial charge >= 0.3 is 0 Å². The Balaban J connectivity index is 1.70. The number of benzene rings is 2. The van der Waals surface area contributed by atoms with E-state index < -0.39 is 0 Å². The van der Waals surface area contributed by atoms with E-state index in [1.807, 2.05) is 43.3 Å². The van der Waals surface area contributed by atoms with E-state index in [1.54, 1.807) is 11.3 Å². The Morgan fingerprint density at radius 1 is 0.962 bits per heavy atom. The number of hydrogen-bond acceptors (Lipinski definition) is 4. The minimum absolute atomic E-state index is 0.471. The van der Waals surface area contributed by atoms with Crippen LogP contribution in [0.15, 0.2) is 60.0 Å². The SMILES string of the molecule is CCOc1cccc(CNCc2cccs2)c1OCc1ccc(Cl)cc1. The van der Waals surface area contributed by atoms with E-state index in [9.17, 15) is 0 Å². The summed E-state index contributed by atoms with van der Waals surface area (Å²) in [6, 6.07) is 17.9. The molecule has 0 saturated heterocycles. The summed E-state index contributed by atoms with van der Waals surface area (Å²) in [5.41, 5.74) is 2.15. The first-order valence-electron chi connectivity index (χ1n) is 8.61. The summed E-state index contributed by atoms with van der Waals surface area (Å²) in [6.07, 6.45) is 0. The van der Waals surface area contributed by atoms with E-state index in [4.69, 9.17) is 21.1 Å². The van der Waals surface area contributed by atoms with Crippen LogP contribution in [0.1, 0.15) is 22.9 Å². The van der Waals surface area contributed by atoms with E-state index in [0.29, 0.717) is 13.2 Å². The van der Waals surface area contributed by atoms with Crippen molar-refractivity contribution in [1.29, 1.82) is 0 Å². The van der Waals surface area contributed by atoms with Gasteiger partial charge in [0, 0.05) is 28.6 Å². The highest BCUT2D eigenvalue weighted by atomic mass is 35.5. The summed E-state index contributed by atoms with van der Waals surface area (Å²) < 4.78 is 11.9. The molecule has 136 valence electrons. The van der Waals surface area contributed by atoms with E-state index in [2.05, 4.69) is 28.9 Å². The predicted molar refractivity (Wildman–Crippen MR) is 108 cm³/mol. The molecule has 1 heterocycles. The van der Waals surface area contributed by atoms with Gasteiger partial charge in [0.25, 0.3) is 0 Å². The summed E-state index contributed by atoms with van der Waals surface area (Å²) in [5.74, 6) is 1.57. The Labute approximate surface area is 163 Å². The van der Waals surface area contributed by atoms with Crippen molar-refractivity contribution in [1.82, 2.24) is 5.32 Å². The Hall–Kier alpha value is -2.01. The number of thiophene rings is 1. The van der Waals surface area contributed by atoms with Gasteiger partial charge in [0.1, 0.15) is 6.61 Å². The number of hydrogen-bond donors (Lipinski definition) is 1. The quantitative estimate of drug-likeness (QED) is 0.513. The fourth-order valence-corrected chi connectivity index (χ4v) is 3.40. The summed E-state index contributed by atoms with van der Waals surface area (Å²) in [4.78, 5) is 1.31. The molecule has 1 aromatic heterocycles. The number of ether oxygens (including phenoxy) is 2. The van der Waals surface area contributed by atoms with Crippen LogP contribution in [0.4, 0.5) is 0 Å². The van der Waals surface area contributed by atoms with Gasteiger partial charge in [-0.3, -0.25) is 0 Å². The normalized spacial score (nSPS) is 10.7. The van der Waals surface area contributed by atoms with Gasteiger partial charge in [-0.05, 0) is 42.1 Å². The zero-order chi connectivity index (χ0) is 18.2. The summed E-state index contributed by atoms with van der Waals surface area (Å²) in [5, 5.41) is 6.29. The van der Waals surface area contributed by atoms with E-state index >= 15 is 0 Å². The van der Waals surface area contributed by atoms with E-state index in [-0.39, 0.29) is 0 Å². The molecule has 0 aliphatic heterocycles. The fraction of sp³-hybridized carbons (Fsp3) is 0.238. The van der Waals surface area contributed by atoms with Crippen LogP contribution in [0, 0.1) is 0 Å². The smallest absolute Gasteiger partial charge is 0.166 e. The van der Waals surface area contributed by atoms with Crippen LogP contribution in [0.5, 0.6) is 11.5 Å². The molecule has 2 aromatic carbocycles. The van der Waals surface area contributed by atoms with Gasteiger partial charge in [-0.2, -0.15) is 0 Å². The van der Waals surface area contributed by atoms with E-state index in [1.165, 1.54) is 4.88 Å². The van der Waals surface area contributed by atoms with Crippen LogP contribution in [-0.4, -0.2) is 6.61 Å². The van der Waals surface area contributed by atoms with Crippen LogP contribution in [-0.2, 0) is 19.7 Å². The Morgan fingerprint density at radius 3 is 2.54 bits per heavy atom. The van der Waals surface area contributed by atoms with Gasteiger partial charge in [0.15, 0.2) is 11.5 Å². The highest BCUT2D eigenvalue weighted by molar-refractivity contribution is 7.09. The lowest BCUT2D eigenvalue weighted by Crippen LogP contribution is -2.13. The first kappa shape index (κ1) is 18.8. The molecule has 0 amide bonds. The molecular weight excluding hydrogens is 366 g/mol. The maximum atomic E-state index is 6.13. The van der Waals surface area contributed by atoms with Crippen LogP contribution in [0.2, 0.25) is 5.02 Å². The van der Waals surface area contributed by atoms with Crippen LogP contribution < -0.4 is 14.8 Å². The second-order valence-electron chi connectivity index (χ2n) is 5.78. The Bertz CT molecular complexity index is 803. The molecule has 5 heteroatoms. The molecule has 0 bridgehead atoms. The number of para-hydroxylation sites is 1. The van der Waals surface area contributed by atoms with Gasteiger partial charge in [-0.25, -0.2) is 0 Å². The zero-order valence-electron chi connectivity index (χ0n) is 14.7.